The van der Waals surface area contributed by atoms with Gasteiger partial charge in [-0.2, -0.15) is 0 Å². The van der Waals surface area contributed by atoms with Crippen LogP contribution in [0.1, 0.15) is 38.7 Å². The average Bonchev–Trinajstić information content (AvgIpc) is 2.34. The van der Waals surface area contributed by atoms with Crippen molar-refractivity contribution in [3.63, 3.8) is 0 Å². The van der Waals surface area contributed by atoms with Crippen molar-refractivity contribution in [2.75, 3.05) is 13.2 Å². The van der Waals surface area contributed by atoms with Gasteiger partial charge in [-0.1, -0.05) is 6.92 Å². The molecule has 0 aliphatic carbocycles. The Balaban J connectivity index is 2.21. The van der Waals surface area contributed by atoms with Gasteiger partial charge in [0.1, 0.15) is 11.6 Å². The maximum absolute atomic E-state index is 12.9. The molecule has 1 unspecified atom stereocenters. The first-order chi connectivity index (χ1) is 8.63. The van der Waals surface area contributed by atoms with Gasteiger partial charge in [0.05, 0.1) is 6.61 Å². The third-order valence-corrected chi connectivity index (χ3v) is 2.92. The van der Waals surface area contributed by atoms with Gasteiger partial charge in [0.15, 0.2) is 0 Å². The van der Waals surface area contributed by atoms with Gasteiger partial charge in [0, 0.05) is 6.04 Å². The predicted molar refractivity (Wildman–Crippen MR) is 73.6 cm³/mol. The zero-order valence-electron chi connectivity index (χ0n) is 11.6. The van der Waals surface area contributed by atoms with Crippen LogP contribution in [0.3, 0.4) is 0 Å². The Hall–Kier alpha value is -1.09. The number of hydrogen-bond acceptors (Lipinski definition) is 2. The van der Waals surface area contributed by atoms with Crippen LogP contribution in [0.25, 0.3) is 0 Å². The summed E-state index contributed by atoms with van der Waals surface area (Å²) in [6.07, 6.45) is 3.27. The molecule has 102 valence electrons. The number of hydrogen-bond donors (Lipinski definition) is 1. The fourth-order valence-electron chi connectivity index (χ4n) is 1.84. The van der Waals surface area contributed by atoms with Crippen molar-refractivity contribution in [2.45, 2.75) is 46.1 Å². The van der Waals surface area contributed by atoms with Crippen molar-refractivity contribution in [3.8, 4) is 5.75 Å². The largest absolute Gasteiger partial charge is 0.493 e. The lowest BCUT2D eigenvalue weighted by Crippen LogP contribution is -2.26. The van der Waals surface area contributed by atoms with Gasteiger partial charge in [-0.3, -0.25) is 0 Å². The van der Waals surface area contributed by atoms with E-state index in [4.69, 9.17) is 4.74 Å². The molecule has 1 N–H and O–H groups in total. The van der Waals surface area contributed by atoms with Gasteiger partial charge in [0.25, 0.3) is 0 Å². The molecule has 1 aromatic carbocycles. The third-order valence-electron chi connectivity index (χ3n) is 2.92. The van der Waals surface area contributed by atoms with Crippen molar-refractivity contribution >= 4 is 0 Å². The Morgan fingerprint density at radius 2 is 2.17 bits per heavy atom. The van der Waals surface area contributed by atoms with Crippen LogP contribution in [-0.4, -0.2) is 19.2 Å². The lowest BCUT2D eigenvalue weighted by molar-refractivity contribution is 0.296. The maximum Gasteiger partial charge on any atom is 0.123 e. The summed E-state index contributed by atoms with van der Waals surface area (Å²) >= 11 is 0. The van der Waals surface area contributed by atoms with E-state index >= 15 is 0 Å². The fourth-order valence-corrected chi connectivity index (χ4v) is 1.84. The molecular weight excluding hydrogens is 229 g/mol. The number of benzene rings is 1. The molecule has 0 spiro atoms. The molecule has 0 aliphatic heterocycles. The summed E-state index contributed by atoms with van der Waals surface area (Å²) in [5.41, 5.74) is 0.854. The number of rotatable bonds is 8. The van der Waals surface area contributed by atoms with E-state index in [-0.39, 0.29) is 5.82 Å². The molecule has 18 heavy (non-hydrogen) atoms. The van der Waals surface area contributed by atoms with Crippen LogP contribution < -0.4 is 10.1 Å². The van der Waals surface area contributed by atoms with E-state index in [1.165, 1.54) is 12.1 Å². The van der Waals surface area contributed by atoms with E-state index in [1.54, 1.807) is 6.07 Å². The first-order valence-electron chi connectivity index (χ1n) is 6.75. The van der Waals surface area contributed by atoms with Crippen LogP contribution in [-0.2, 0) is 0 Å². The Kier molecular flexibility index (Phi) is 6.73. The van der Waals surface area contributed by atoms with E-state index in [0.717, 1.165) is 37.1 Å². The molecule has 1 aromatic rings. The van der Waals surface area contributed by atoms with Gasteiger partial charge in [-0.15, -0.1) is 0 Å². The zero-order chi connectivity index (χ0) is 13.4. The number of aryl methyl sites for hydroxylation is 1. The number of nitrogens with one attached hydrogen (secondary N) is 1. The van der Waals surface area contributed by atoms with E-state index in [9.17, 15) is 4.39 Å². The Morgan fingerprint density at radius 3 is 2.83 bits per heavy atom. The standard InChI is InChI=1S/C15H24FNO/c1-4-9-17-13(3)6-5-10-18-15-8-7-14(16)11-12(15)2/h7-8,11,13,17H,4-6,9-10H2,1-3H3. The quantitative estimate of drug-likeness (QED) is 0.714. The molecule has 3 heteroatoms. The summed E-state index contributed by atoms with van der Waals surface area (Å²) in [5, 5.41) is 3.44. The number of ether oxygens (including phenoxy) is 1. The molecule has 0 heterocycles. The van der Waals surface area contributed by atoms with Crippen LogP contribution in [0.5, 0.6) is 5.75 Å². The molecule has 1 rings (SSSR count). The van der Waals surface area contributed by atoms with E-state index in [2.05, 4.69) is 19.2 Å². The second-order valence-corrected chi connectivity index (χ2v) is 4.76. The van der Waals surface area contributed by atoms with Gasteiger partial charge < -0.3 is 10.1 Å². The molecule has 0 saturated heterocycles. The lowest BCUT2D eigenvalue weighted by atomic mass is 10.2. The summed E-state index contributed by atoms with van der Waals surface area (Å²) in [5.74, 6) is 0.572. The van der Waals surface area contributed by atoms with Crippen LogP contribution in [0.2, 0.25) is 0 Å². The van der Waals surface area contributed by atoms with Crippen molar-refractivity contribution in [2.24, 2.45) is 0 Å². The second kappa shape index (κ2) is 8.09. The van der Waals surface area contributed by atoms with Crippen LogP contribution in [0.15, 0.2) is 18.2 Å². The molecular formula is C15H24FNO. The predicted octanol–water partition coefficient (Wildman–Crippen LogP) is 3.68. The molecule has 2 nitrogen and oxygen atoms in total. The fraction of sp³-hybridized carbons (Fsp3) is 0.600. The SMILES string of the molecule is CCCNC(C)CCCOc1ccc(F)cc1C. The minimum atomic E-state index is -0.211. The van der Waals surface area contributed by atoms with E-state index in [0.29, 0.717) is 12.6 Å². The minimum absolute atomic E-state index is 0.211. The lowest BCUT2D eigenvalue weighted by Gasteiger charge is -2.14. The number of halogens is 1. The molecule has 0 aromatic heterocycles. The van der Waals surface area contributed by atoms with Gasteiger partial charge >= 0.3 is 0 Å². The highest BCUT2D eigenvalue weighted by Crippen LogP contribution is 2.18. The highest BCUT2D eigenvalue weighted by molar-refractivity contribution is 5.32. The van der Waals surface area contributed by atoms with Crippen molar-refractivity contribution in [3.05, 3.63) is 29.6 Å². The third kappa shape index (κ3) is 5.50. The normalized spacial score (nSPS) is 12.4. The first kappa shape index (κ1) is 15.0. The van der Waals surface area contributed by atoms with Crippen LogP contribution in [0.4, 0.5) is 4.39 Å². The van der Waals surface area contributed by atoms with Crippen molar-refractivity contribution < 1.29 is 9.13 Å². The van der Waals surface area contributed by atoms with Gasteiger partial charge in [-0.05, 0) is 63.4 Å². The maximum atomic E-state index is 12.9. The van der Waals surface area contributed by atoms with E-state index < -0.39 is 0 Å². The van der Waals surface area contributed by atoms with Crippen molar-refractivity contribution in [1.82, 2.24) is 5.32 Å². The summed E-state index contributed by atoms with van der Waals surface area (Å²) in [6, 6.07) is 5.17. The smallest absolute Gasteiger partial charge is 0.123 e. The summed E-state index contributed by atoms with van der Waals surface area (Å²) < 4.78 is 18.5. The molecule has 0 saturated carbocycles. The van der Waals surface area contributed by atoms with Gasteiger partial charge in [-0.25, -0.2) is 4.39 Å². The highest BCUT2D eigenvalue weighted by atomic mass is 19.1. The summed E-state index contributed by atoms with van der Waals surface area (Å²) in [6.45, 7) is 7.98. The highest BCUT2D eigenvalue weighted by Gasteiger charge is 2.03. The molecule has 0 fully saturated rings. The molecule has 0 bridgehead atoms. The Bertz CT molecular complexity index is 354. The monoisotopic (exact) mass is 253 g/mol. The Morgan fingerprint density at radius 1 is 1.39 bits per heavy atom. The average molecular weight is 253 g/mol. The van der Waals surface area contributed by atoms with Crippen molar-refractivity contribution in [1.29, 1.82) is 0 Å². The van der Waals surface area contributed by atoms with Gasteiger partial charge in [0.2, 0.25) is 0 Å². The summed E-state index contributed by atoms with van der Waals surface area (Å²) in [4.78, 5) is 0. The van der Waals surface area contributed by atoms with Crippen LogP contribution in [0, 0.1) is 12.7 Å². The molecule has 0 radical (unpaired) electrons. The van der Waals surface area contributed by atoms with Crippen LogP contribution >= 0.6 is 0 Å². The van der Waals surface area contributed by atoms with E-state index in [1.807, 2.05) is 6.92 Å². The second-order valence-electron chi connectivity index (χ2n) is 4.76. The topological polar surface area (TPSA) is 21.3 Å². The minimum Gasteiger partial charge on any atom is -0.493 e. The first-order valence-corrected chi connectivity index (χ1v) is 6.75. The Labute approximate surface area is 110 Å². The summed E-state index contributed by atoms with van der Waals surface area (Å²) in [7, 11) is 0. The molecule has 0 aliphatic rings. The zero-order valence-corrected chi connectivity index (χ0v) is 11.6. The molecule has 0 amide bonds. The molecule has 1 atom stereocenters.